The smallest absolute Gasteiger partial charge is 0.251 e. The third-order valence-corrected chi connectivity index (χ3v) is 3.50. The van der Waals surface area contributed by atoms with Crippen LogP contribution in [0.2, 0.25) is 0 Å². The van der Waals surface area contributed by atoms with Gasteiger partial charge in [0.25, 0.3) is 5.91 Å². The molecule has 118 valence electrons. The number of carbonyl (C=O) groups is 3. The van der Waals surface area contributed by atoms with Crippen molar-refractivity contribution in [2.24, 2.45) is 0 Å². The second-order valence-electron chi connectivity index (χ2n) is 5.21. The summed E-state index contributed by atoms with van der Waals surface area (Å²) in [4.78, 5) is 35.1. The van der Waals surface area contributed by atoms with E-state index in [4.69, 9.17) is 0 Å². The molecule has 0 bridgehead atoms. The highest BCUT2D eigenvalue weighted by Gasteiger charge is 2.24. The first-order valence-corrected chi connectivity index (χ1v) is 7.19. The van der Waals surface area contributed by atoms with Gasteiger partial charge in [0, 0.05) is 31.0 Å². The van der Waals surface area contributed by atoms with Crippen molar-refractivity contribution in [3.8, 4) is 0 Å². The third kappa shape index (κ3) is 3.82. The molecule has 1 fully saturated rings. The SMILES string of the molecule is CNC(C)CNC(=O)c1ccc(N2NC(=O)CCC2=O)cc1. The number of likely N-dealkylation sites (N-methyl/N-ethyl adjacent to an activating group) is 1. The minimum atomic E-state index is -0.192. The molecule has 0 spiro atoms. The summed E-state index contributed by atoms with van der Waals surface area (Å²) in [6.45, 7) is 2.49. The quantitative estimate of drug-likeness (QED) is 0.724. The van der Waals surface area contributed by atoms with Crippen LogP contribution in [-0.2, 0) is 9.59 Å². The second kappa shape index (κ2) is 7.04. The number of nitrogens with one attached hydrogen (secondary N) is 3. The first-order valence-electron chi connectivity index (χ1n) is 7.19. The zero-order valence-corrected chi connectivity index (χ0v) is 12.7. The van der Waals surface area contributed by atoms with Gasteiger partial charge in [0.1, 0.15) is 0 Å². The maximum atomic E-state index is 12.0. The molecule has 1 atom stereocenters. The van der Waals surface area contributed by atoms with Crippen LogP contribution in [0, 0.1) is 0 Å². The number of rotatable bonds is 5. The zero-order valence-electron chi connectivity index (χ0n) is 12.7. The number of amides is 3. The van der Waals surface area contributed by atoms with E-state index in [1.807, 2.05) is 14.0 Å². The molecule has 0 aromatic heterocycles. The fourth-order valence-corrected chi connectivity index (χ4v) is 2.00. The molecule has 1 heterocycles. The Morgan fingerprint density at radius 2 is 1.95 bits per heavy atom. The Balaban J connectivity index is 2.02. The molecule has 1 unspecified atom stereocenters. The van der Waals surface area contributed by atoms with Gasteiger partial charge in [-0.15, -0.1) is 0 Å². The van der Waals surface area contributed by atoms with Crippen molar-refractivity contribution >= 4 is 23.4 Å². The summed E-state index contributed by atoms with van der Waals surface area (Å²) >= 11 is 0. The number of carbonyl (C=O) groups excluding carboxylic acids is 3. The van der Waals surface area contributed by atoms with E-state index in [0.29, 0.717) is 17.8 Å². The molecular formula is C15H20N4O3. The molecule has 22 heavy (non-hydrogen) atoms. The van der Waals surface area contributed by atoms with Crippen molar-refractivity contribution < 1.29 is 14.4 Å². The second-order valence-corrected chi connectivity index (χ2v) is 5.21. The Bertz CT molecular complexity index is 571. The first kappa shape index (κ1) is 16.0. The van der Waals surface area contributed by atoms with Gasteiger partial charge in [-0.3, -0.25) is 19.8 Å². The van der Waals surface area contributed by atoms with Crippen molar-refractivity contribution in [3.63, 3.8) is 0 Å². The van der Waals surface area contributed by atoms with Crippen molar-refractivity contribution in [3.05, 3.63) is 29.8 Å². The minimum Gasteiger partial charge on any atom is -0.350 e. The molecular weight excluding hydrogens is 284 g/mol. The van der Waals surface area contributed by atoms with Gasteiger partial charge in [0.05, 0.1) is 5.69 Å². The molecule has 1 aliphatic rings. The highest BCUT2D eigenvalue weighted by atomic mass is 16.2. The van der Waals surface area contributed by atoms with Gasteiger partial charge >= 0.3 is 0 Å². The lowest BCUT2D eigenvalue weighted by atomic mass is 10.1. The van der Waals surface area contributed by atoms with Gasteiger partial charge in [0.15, 0.2) is 0 Å². The molecule has 3 amide bonds. The van der Waals surface area contributed by atoms with Crippen molar-refractivity contribution in [2.45, 2.75) is 25.8 Å². The van der Waals surface area contributed by atoms with Crippen LogP contribution in [0.25, 0.3) is 0 Å². The predicted octanol–water partition coefficient (Wildman–Crippen LogP) is 0.182. The molecule has 1 aliphatic heterocycles. The molecule has 0 saturated carbocycles. The minimum absolute atomic E-state index is 0.167. The van der Waals surface area contributed by atoms with Gasteiger partial charge < -0.3 is 10.6 Å². The van der Waals surface area contributed by atoms with Crippen molar-refractivity contribution in [1.29, 1.82) is 0 Å². The van der Waals surface area contributed by atoms with Gasteiger partial charge in [-0.25, -0.2) is 5.01 Å². The Labute approximate surface area is 129 Å². The van der Waals surface area contributed by atoms with Crippen LogP contribution in [0.5, 0.6) is 0 Å². The summed E-state index contributed by atoms with van der Waals surface area (Å²) in [6, 6.07) is 6.72. The molecule has 3 N–H and O–H groups in total. The zero-order chi connectivity index (χ0) is 16.1. The summed E-state index contributed by atoms with van der Waals surface area (Å²) < 4.78 is 0. The monoisotopic (exact) mass is 304 g/mol. The number of hydrazine groups is 1. The highest BCUT2D eigenvalue weighted by Crippen LogP contribution is 2.17. The standard InChI is InChI=1S/C15H20N4O3/c1-10(16-2)9-17-15(22)11-3-5-12(6-4-11)19-14(21)8-7-13(20)18-19/h3-6,10,16H,7-9H2,1-2H3,(H,17,22)(H,18,20). The average molecular weight is 304 g/mol. The van der Waals surface area contributed by atoms with Crippen LogP contribution in [0.15, 0.2) is 24.3 Å². The Hall–Kier alpha value is -2.41. The van der Waals surface area contributed by atoms with E-state index in [0.717, 1.165) is 0 Å². The van der Waals surface area contributed by atoms with Gasteiger partial charge in [-0.1, -0.05) is 0 Å². The fraction of sp³-hybridized carbons (Fsp3) is 0.400. The van der Waals surface area contributed by atoms with Gasteiger partial charge in [0.2, 0.25) is 11.8 Å². The lowest BCUT2D eigenvalue weighted by Crippen LogP contribution is -2.50. The van der Waals surface area contributed by atoms with Gasteiger partial charge in [-0.05, 0) is 38.2 Å². The van der Waals surface area contributed by atoms with Crippen molar-refractivity contribution in [1.82, 2.24) is 16.1 Å². The summed E-state index contributed by atoms with van der Waals surface area (Å²) in [5, 5.41) is 7.07. The third-order valence-electron chi connectivity index (χ3n) is 3.50. The number of nitrogens with zero attached hydrogens (tertiary/aromatic N) is 1. The molecule has 7 nitrogen and oxygen atoms in total. The van der Waals surface area contributed by atoms with Crippen LogP contribution >= 0.6 is 0 Å². The summed E-state index contributed by atoms with van der Waals surface area (Å²) in [6.07, 6.45) is 0.398. The van der Waals surface area contributed by atoms with Crippen LogP contribution in [0.4, 0.5) is 5.69 Å². The predicted molar refractivity (Wildman–Crippen MR) is 82.2 cm³/mol. The summed E-state index contributed by atoms with van der Waals surface area (Å²) in [5.74, 6) is -0.537. The summed E-state index contributed by atoms with van der Waals surface area (Å²) in [5.41, 5.74) is 3.56. The number of hydrogen-bond donors (Lipinski definition) is 3. The lowest BCUT2D eigenvalue weighted by Gasteiger charge is -2.27. The molecule has 0 aliphatic carbocycles. The fourth-order valence-electron chi connectivity index (χ4n) is 2.00. The van der Waals surface area contributed by atoms with E-state index in [9.17, 15) is 14.4 Å². The molecule has 7 heteroatoms. The van der Waals surface area contributed by atoms with Crippen LogP contribution in [-0.4, -0.2) is 37.4 Å². The maximum absolute atomic E-state index is 12.0. The van der Waals surface area contributed by atoms with E-state index in [1.54, 1.807) is 24.3 Å². The van der Waals surface area contributed by atoms with E-state index >= 15 is 0 Å². The van der Waals surface area contributed by atoms with Crippen LogP contribution in [0.3, 0.4) is 0 Å². The molecule has 1 aromatic rings. The molecule has 1 saturated heterocycles. The highest BCUT2D eigenvalue weighted by molar-refractivity contribution is 6.01. The summed E-state index contributed by atoms with van der Waals surface area (Å²) in [7, 11) is 1.83. The van der Waals surface area contributed by atoms with E-state index in [-0.39, 0.29) is 36.6 Å². The van der Waals surface area contributed by atoms with E-state index in [1.165, 1.54) is 5.01 Å². The lowest BCUT2D eigenvalue weighted by molar-refractivity contribution is -0.130. The Morgan fingerprint density at radius 1 is 1.27 bits per heavy atom. The van der Waals surface area contributed by atoms with Gasteiger partial charge in [-0.2, -0.15) is 0 Å². The van der Waals surface area contributed by atoms with Crippen molar-refractivity contribution in [2.75, 3.05) is 18.6 Å². The Morgan fingerprint density at radius 3 is 2.59 bits per heavy atom. The first-order chi connectivity index (χ1) is 10.5. The van der Waals surface area contributed by atoms with Crippen LogP contribution in [0.1, 0.15) is 30.1 Å². The van der Waals surface area contributed by atoms with E-state index in [2.05, 4.69) is 16.1 Å². The number of benzene rings is 1. The largest absolute Gasteiger partial charge is 0.350 e. The number of anilines is 1. The Kier molecular flexibility index (Phi) is 5.11. The average Bonchev–Trinajstić information content (AvgIpc) is 2.54. The molecule has 0 radical (unpaired) electrons. The maximum Gasteiger partial charge on any atom is 0.251 e. The molecule has 1 aromatic carbocycles. The number of hydrogen-bond acceptors (Lipinski definition) is 4. The topological polar surface area (TPSA) is 90.5 Å². The molecule has 2 rings (SSSR count). The normalized spacial score (nSPS) is 16.2. The van der Waals surface area contributed by atoms with E-state index < -0.39 is 0 Å². The van der Waals surface area contributed by atoms with Crippen LogP contribution < -0.4 is 21.1 Å².